The van der Waals surface area contributed by atoms with E-state index in [1.165, 1.54) is 16.2 Å². The molecule has 1 aliphatic rings. The molecule has 0 bridgehead atoms. The number of hydrogen-bond acceptors (Lipinski definition) is 5. The van der Waals surface area contributed by atoms with Crippen LogP contribution >= 0.6 is 11.3 Å². The Morgan fingerprint density at radius 1 is 1.19 bits per heavy atom. The highest BCUT2D eigenvalue weighted by Gasteiger charge is 2.37. The molecule has 2 unspecified atom stereocenters. The van der Waals surface area contributed by atoms with Crippen LogP contribution in [0, 0.1) is 0 Å². The Morgan fingerprint density at radius 3 is 2.54 bits per heavy atom. The number of rotatable bonds is 6. The second-order valence-electron chi connectivity index (χ2n) is 6.15. The first-order valence-corrected chi connectivity index (χ1v) is 9.12. The number of carboxylic acids is 1. The van der Waals surface area contributed by atoms with Crippen molar-refractivity contribution in [3.05, 3.63) is 57.8 Å². The van der Waals surface area contributed by atoms with Gasteiger partial charge in [0.1, 0.15) is 0 Å². The zero-order valence-corrected chi connectivity index (χ0v) is 15.1. The first kappa shape index (κ1) is 18.3. The molecular weight excluding hydrogens is 354 g/mol. The number of ketones is 1. The van der Waals surface area contributed by atoms with E-state index in [-0.39, 0.29) is 29.8 Å². The Labute approximate surface area is 155 Å². The van der Waals surface area contributed by atoms with Crippen molar-refractivity contribution in [1.29, 1.82) is 0 Å². The van der Waals surface area contributed by atoms with Crippen molar-refractivity contribution in [3.8, 4) is 0 Å². The predicted octanol–water partition coefficient (Wildman–Crippen LogP) is 2.68. The minimum Gasteiger partial charge on any atom is -0.481 e. The van der Waals surface area contributed by atoms with E-state index in [4.69, 9.17) is 9.84 Å². The molecule has 1 saturated heterocycles. The van der Waals surface area contributed by atoms with Crippen molar-refractivity contribution >= 4 is 29.0 Å². The average molecular weight is 373 g/mol. The monoisotopic (exact) mass is 373 g/mol. The van der Waals surface area contributed by atoms with Crippen molar-refractivity contribution in [2.24, 2.45) is 0 Å². The molecule has 1 aromatic heterocycles. The van der Waals surface area contributed by atoms with Gasteiger partial charge in [0.25, 0.3) is 5.91 Å². The summed E-state index contributed by atoms with van der Waals surface area (Å²) in [5.74, 6) is -1.51. The molecule has 0 aliphatic carbocycles. The highest BCUT2D eigenvalue weighted by molar-refractivity contribution is 7.12. The summed E-state index contributed by atoms with van der Waals surface area (Å²) in [5, 5.41) is 10.9. The fourth-order valence-electron chi connectivity index (χ4n) is 3.25. The Kier molecular flexibility index (Phi) is 5.49. The Hall–Kier alpha value is -2.51. The summed E-state index contributed by atoms with van der Waals surface area (Å²) in [6, 6.07) is 9.72. The number of carbonyl (C=O) groups is 3. The summed E-state index contributed by atoms with van der Waals surface area (Å²) in [7, 11) is 1.55. The highest BCUT2D eigenvalue weighted by atomic mass is 32.1. The highest BCUT2D eigenvalue weighted by Crippen LogP contribution is 2.27. The smallest absolute Gasteiger partial charge is 0.305 e. The van der Waals surface area contributed by atoms with Gasteiger partial charge in [-0.05, 0) is 23.9 Å². The molecule has 2 aromatic rings. The van der Waals surface area contributed by atoms with Gasteiger partial charge in [-0.25, -0.2) is 0 Å². The molecule has 1 amide bonds. The maximum absolute atomic E-state index is 13.1. The molecule has 2 atom stereocenters. The third-order valence-electron chi connectivity index (χ3n) is 4.53. The fourth-order valence-corrected chi connectivity index (χ4v) is 3.93. The van der Waals surface area contributed by atoms with E-state index in [2.05, 4.69) is 0 Å². The van der Waals surface area contributed by atoms with Crippen LogP contribution in [0.5, 0.6) is 0 Å². The fraction of sp³-hybridized carbons (Fsp3) is 0.316. The summed E-state index contributed by atoms with van der Waals surface area (Å²) < 4.78 is 5.32. The van der Waals surface area contributed by atoms with Gasteiger partial charge in [0.2, 0.25) is 5.78 Å². The van der Waals surface area contributed by atoms with Gasteiger partial charge >= 0.3 is 5.97 Å². The number of aliphatic carboxylic acids is 1. The van der Waals surface area contributed by atoms with Crippen LogP contribution in [0.3, 0.4) is 0 Å². The van der Waals surface area contributed by atoms with Gasteiger partial charge in [-0.2, -0.15) is 0 Å². The lowest BCUT2D eigenvalue weighted by molar-refractivity contribution is -0.138. The standard InChI is InChI=1S/C19H19NO5S/c1-25-13-9-12(10-17(21)22)20(11-13)19(24)15-6-3-2-5-14(15)18(23)16-7-4-8-26-16/h2-8,12-13H,9-11H2,1H3,(H,21,22). The van der Waals surface area contributed by atoms with Crippen LogP contribution < -0.4 is 0 Å². The summed E-state index contributed by atoms with van der Waals surface area (Å²) in [6.07, 6.45) is 0.117. The lowest BCUT2D eigenvalue weighted by Gasteiger charge is -2.24. The van der Waals surface area contributed by atoms with Gasteiger partial charge in [-0.3, -0.25) is 14.4 Å². The summed E-state index contributed by atoms with van der Waals surface area (Å²) >= 11 is 1.32. The third-order valence-corrected chi connectivity index (χ3v) is 5.40. The SMILES string of the molecule is COC1CC(CC(=O)O)N(C(=O)c2ccccc2C(=O)c2cccs2)C1. The number of benzene rings is 1. The van der Waals surface area contributed by atoms with Gasteiger partial charge in [-0.1, -0.05) is 24.3 Å². The predicted molar refractivity (Wildman–Crippen MR) is 96.7 cm³/mol. The summed E-state index contributed by atoms with van der Waals surface area (Å²) in [5.41, 5.74) is 0.618. The second-order valence-corrected chi connectivity index (χ2v) is 7.10. The van der Waals surface area contributed by atoms with E-state index in [0.717, 1.165) is 0 Å². The van der Waals surface area contributed by atoms with Crippen molar-refractivity contribution in [2.75, 3.05) is 13.7 Å². The van der Waals surface area contributed by atoms with E-state index in [1.54, 1.807) is 43.5 Å². The van der Waals surface area contributed by atoms with Crippen LogP contribution in [-0.4, -0.2) is 53.5 Å². The van der Waals surface area contributed by atoms with Gasteiger partial charge in [0.05, 0.1) is 23.0 Å². The van der Waals surface area contributed by atoms with Gasteiger partial charge < -0.3 is 14.7 Å². The van der Waals surface area contributed by atoms with Crippen LogP contribution in [0.4, 0.5) is 0 Å². The first-order valence-electron chi connectivity index (χ1n) is 8.24. The van der Waals surface area contributed by atoms with Crippen LogP contribution in [0.25, 0.3) is 0 Å². The maximum Gasteiger partial charge on any atom is 0.305 e. The number of carbonyl (C=O) groups excluding carboxylic acids is 2. The molecule has 6 nitrogen and oxygen atoms in total. The van der Waals surface area contributed by atoms with Crippen LogP contribution in [0.15, 0.2) is 41.8 Å². The van der Waals surface area contributed by atoms with E-state index in [9.17, 15) is 14.4 Å². The van der Waals surface area contributed by atoms with Gasteiger partial charge in [-0.15, -0.1) is 11.3 Å². The molecule has 1 aromatic carbocycles. The normalized spacial score (nSPS) is 19.5. The second kappa shape index (κ2) is 7.80. The van der Waals surface area contributed by atoms with E-state index < -0.39 is 12.0 Å². The molecule has 3 rings (SSSR count). The zero-order valence-electron chi connectivity index (χ0n) is 14.3. The Morgan fingerprint density at radius 2 is 1.92 bits per heavy atom. The number of nitrogens with zero attached hydrogens (tertiary/aromatic N) is 1. The van der Waals surface area contributed by atoms with Gasteiger partial charge in [0, 0.05) is 25.3 Å². The molecular formula is C19H19NO5S. The lowest BCUT2D eigenvalue weighted by atomic mass is 10.0. The summed E-state index contributed by atoms with van der Waals surface area (Å²) in [4.78, 5) is 39.1. The molecule has 1 fully saturated rings. The number of likely N-dealkylation sites (tertiary alicyclic amines) is 1. The van der Waals surface area contributed by atoms with Crippen LogP contribution in [0.1, 0.15) is 38.4 Å². The number of ether oxygens (including phenoxy) is 1. The van der Waals surface area contributed by atoms with E-state index in [1.807, 2.05) is 5.38 Å². The molecule has 0 radical (unpaired) electrons. The van der Waals surface area contributed by atoms with E-state index in [0.29, 0.717) is 23.4 Å². The van der Waals surface area contributed by atoms with Gasteiger partial charge in [0.15, 0.2) is 0 Å². The Balaban J connectivity index is 1.92. The number of carboxylic acid groups (broad SMARTS) is 1. The summed E-state index contributed by atoms with van der Waals surface area (Å²) in [6.45, 7) is 0.314. The third kappa shape index (κ3) is 3.68. The van der Waals surface area contributed by atoms with Crippen molar-refractivity contribution in [1.82, 2.24) is 4.90 Å². The van der Waals surface area contributed by atoms with Crippen molar-refractivity contribution in [3.63, 3.8) is 0 Å². The molecule has 26 heavy (non-hydrogen) atoms. The molecule has 7 heteroatoms. The quantitative estimate of drug-likeness (QED) is 0.787. The Bertz CT molecular complexity index is 817. The largest absolute Gasteiger partial charge is 0.481 e. The molecule has 0 spiro atoms. The number of amides is 1. The lowest BCUT2D eigenvalue weighted by Crippen LogP contribution is -2.38. The topological polar surface area (TPSA) is 83.9 Å². The number of hydrogen-bond donors (Lipinski definition) is 1. The zero-order chi connectivity index (χ0) is 18.7. The first-order chi connectivity index (χ1) is 12.5. The molecule has 1 aliphatic heterocycles. The van der Waals surface area contributed by atoms with Crippen molar-refractivity contribution < 1.29 is 24.2 Å². The van der Waals surface area contributed by atoms with Crippen LogP contribution in [-0.2, 0) is 9.53 Å². The minimum absolute atomic E-state index is 0.146. The maximum atomic E-state index is 13.1. The average Bonchev–Trinajstić information content (AvgIpc) is 3.30. The number of methoxy groups -OCH3 is 1. The molecule has 0 saturated carbocycles. The molecule has 136 valence electrons. The van der Waals surface area contributed by atoms with E-state index >= 15 is 0 Å². The van der Waals surface area contributed by atoms with Crippen LogP contribution in [0.2, 0.25) is 0 Å². The van der Waals surface area contributed by atoms with Crippen molar-refractivity contribution in [2.45, 2.75) is 25.0 Å². The molecule has 1 N–H and O–H groups in total. The minimum atomic E-state index is -0.965. The molecule has 2 heterocycles. The number of thiophene rings is 1.